The Kier molecular flexibility index (Phi) is 4.65. The fourth-order valence-electron chi connectivity index (χ4n) is 1.67. The van der Waals surface area contributed by atoms with Crippen LogP contribution < -0.4 is 5.73 Å². The zero-order valence-electron chi connectivity index (χ0n) is 10.1. The maximum atomic E-state index is 13.5. The average Bonchev–Trinajstić information content (AvgIpc) is 2.19. The Balaban J connectivity index is 2.64. The number of aryl methyl sites for hydroxylation is 1. The van der Waals surface area contributed by atoms with Gasteiger partial charge in [0.2, 0.25) is 0 Å². The van der Waals surface area contributed by atoms with Crippen molar-refractivity contribution < 1.29 is 12.8 Å². The number of nitrogens with two attached hydrogens (primary N) is 1. The lowest BCUT2D eigenvalue weighted by molar-refractivity contribution is 0.555. The molecule has 0 radical (unpaired) electrons. The Labute approximate surface area is 102 Å². The average molecular weight is 259 g/mol. The smallest absolute Gasteiger partial charge is 0.147 e. The van der Waals surface area contributed by atoms with Crippen LogP contribution in [-0.4, -0.2) is 20.4 Å². The zero-order chi connectivity index (χ0) is 13.1. The topological polar surface area (TPSA) is 60.2 Å². The van der Waals surface area contributed by atoms with E-state index in [0.29, 0.717) is 18.4 Å². The predicted octanol–water partition coefficient (Wildman–Crippen LogP) is 1.96. The first-order valence-electron chi connectivity index (χ1n) is 5.49. The van der Waals surface area contributed by atoms with Crippen LogP contribution in [0.3, 0.4) is 0 Å². The normalized spacial score (nSPS) is 13.6. The first-order valence-corrected chi connectivity index (χ1v) is 7.55. The van der Waals surface area contributed by atoms with Crippen LogP contribution in [0.25, 0.3) is 0 Å². The van der Waals surface area contributed by atoms with Gasteiger partial charge in [0.1, 0.15) is 15.7 Å². The second-order valence-corrected chi connectivity index (χ2v) is 6.66. The van der Waals surface area contributed by atoms with Crippen molar-refractivity contribution in [3.8, 4) is 0 Å². The maximum absolute atomic E-state index is 13.5. The minimum atomic E-state index is -2.97. The molecule has 0 fully saturated rings. The molecule has 3 nitrogen and oxygen atoms in total. The van der Waals surface area contributed by atoms with E-state index in [9.17, 15) is 12.8 Å². The highest BCUT2D eigenvalue weighted by molar-refractivity contribution is 7.90. The highest BCUT2D eigenvalue weighted by atomic mass is 32.2. The lowest BCUT2D eigenvalue weighted by Crippen LogP contribution is -2.14. The summed E-state index contributed by atoms with van der Waals surface area (Å²) >= 11 is 0. The van der Waals surface area contributed by atoms with Crippen LogP contribution >= 0.6 is 0 Å². The molecule has 17 heavy (non-hydrogen) atoms. The van der Waals surface area contributed by atoms with Crippen LogP contribution in [-0.2, 0) is 9.84 Å². The SMILES string of the molecule is Cc1ccc(F)c(C(N)CCCS(C)(=O)=O)c1. The molecule has 2 N–H and O–H groups in total. The fourth-order valence-corrected chi connectivity index (χ4v) is 2.36. The van der Waals surface area contributed by atoms with Crippen molar-refractivity contribution in [1.82, 2.24) is 0 Å². The Morgan fingerprint density at radius 1 is 1.41 bits per heavy atom. The second-order valence-electron chi connectivity index (χ2n) is 4.40. The van der Waals surface area contributed by atoms with Gasteiger partial charge in [-0.15, -0.1) is 0 Å². The van der Waals surface area contributed by atoms with Gasteiger partial charge in [0.25, 0.3) is 0 Å². The van der Waals surface area contributed by atoms with Crippen molar-refractivity contribution in [3.63, 3.8) is 0 Å². The molecule has 0 spiro atoms. The second kappa shape index (κ2) is 5.60. The van der Waals surface area contributed by atoms with Crippen molar-refractivity contribution in [2.75, 3.05) is 12.0 Å². The van der Waals surface area contributed by atoms with Crippen LogP contribution in [0.4, 0.5) is 4.39 Å². The Hall–Kier alpha value is -0.940. The molecule has 0 saturated heterocycles. The van der Waals surface area contributed by atoms with E-state index in [-0.39, 0.29) is 11.6 Å². The molecular formula is C12H18FNO2S. The third kappa shape index (κ3) is 4.83. The first kappa shape index (κ1) is 14.1. The molecule has 1 atom stereocenters. The van der Waals surface area contributed by atoms with Gasteiger partial charge in [-0.05, 0) is 25.8 Å². The minimum Gasteiger partial charge on any atom is -0.324 e. The Bertz CT molecular complexity index is 485. The lowest BCUT2D eigenvalue weighted by atomic mass is 10.0. The molecule has 0 amide bonds. The van der Waals surface area contributed by atoms with Gasteiger partial charge >= 0.3 is 0 Å². The molecule has 1 aromatic rings. The van der Waals surface area contributed by atoms with Gasteiger partial charge in [-0.25, -0.2) is 12.8 Å². The van der Waals surface area contributed by atoms with Crippen molar-refractivity contribution in [1.29, 1.82) is 0 Å². The van der Waals surface area contributed by atoms with Gasteiger partial charge < -0.3 is 5.73 Å². The van der Waals surface area contributed by atoms with Gasteiger partial charge in [-0.1, -0.05) is 17.7 Å². The molecular weight excluding hydrogens is 241 g/mol. The lowest BCUT2D eigenvalue weighted by Gasteiger charge is -2.13. The van der Waals surface area contributed by atoms with E-state index in [1.165, 1.54) is 12.3 Å². The molecule has 1 unspecified atom stereocenters. The molecule has 0 aliphatic carbocycles. The number of rotatable bonds is 5. The highest BCUT2D eigenvalue weighted by Gasteiger charge is 2.12. The summed E-state index contributed by atoms with van der Waals surface area (Å²) in [6.07, 6.45) is 2.10. The summed E-state index contributed by atoms with van der Waals surface area (Å²) in [5.41, 5.74) is 7.26. The van der Waals surface area contributed by atoms with Crippen LogP contribution in [0.1, 0.15) is 30.0 Å². The molecule has 1 rings (SSSR count). The van der Waals surface area contributed by atoms with Gasteiger partial charge in [-0.3, -0.25) is 0 Å². The van der Waals surface area contributed by atoms with Crippen molar-refractivity contribution in [2.45, 2.75) is 25.8 Å². The summed E-state index contributed by atoms with van der Waals surface area (Å²) in [4.78, 5) is 0. The monoisotopic (exact) mass is 259 g/mol. The van der Waals surface area contributed by atoms with Gasteiger partial charge in [0.05, 0.1) is 0 Å². The van der Waals surface area contributed by atoms with E-state index < -0.39 is 15.9 Å². The standard InChI is InChI=1S/C12H18FNO2S/c1-9-5-6-11(13)10(8-9)12(14)4-3-7-17(2,15)16/h5-6,8,12H,3-4,7,14H2,1-2H3. The summed E-state index contributed by atoms with van der Waals surface area (Å²) in [5.74, 6) is -0.240. The first-order chi connectivity index (χ1) is 7.79. The number of hydrogen-bond acceptors (Lipinski definition) is 3. The van der Waals surface area contributed by atoms with E-state index >= 15 is 0 Å². The molecule has 0 heterocycles. The third-order valence-corrected chi connectivity index (χ3v) is 3.61. The maximum Gasteiger partial charge on any atom is 0.147 e. The van der Waals surface area contributed by atoms with Gasteiger partial charge in [-0.2, -0.15) is 0 Å². The molecule has 0 aliphatic heterocycles. The Morgan fingerprint density at radius 2 is 2.06 bits per heavy atom. The van der Waals surface area contributed by atoms with Gasteiger partial charge in [0.15, 0.2) is 0 Å². The zero-order valence-corrected chi connectivity index (χ0v) is 10.9. The van der Waals surface area contributed by atoms with E-state index in [0.717, 1.165) is 5.56 Å². The molecule has 1 aromatic carbocycles. The van der Waals surface area contributed by atoms with Crippen molar-refractivity contribution in [3.05, 3.63) is 35.1 Å². The largest absolute Gasteiger partial charge is 0.324 e. The van der Waals surface area contributed by atoms with Crippen LogP contribution in [0.5, 0.6) is 0 Å². The van der Waals surface area contributed by atoms with Crippen molar-refractivity contribution >= 4 is 9.84 Å². The number of sulfone groups is 1. The van der Waals surface area contributed by atoms with E-state index in [1.54, 1.807) is 12.1 Å². The number of benzene rings is 1. The molecule has 0 aromatic heterocycles. The predicted molar refractivity (Wildman–Crippen MR) is 67.0 cm³/mol. The van der Waals surface area contributed by atoms with Crippen LogP contribution in [0, 0.1) is 12.7 Å². The van der Waals surface area contributed by atoms with Gasteiger partial charge in [0, 0.05) is 23.6 Å². The summed E-state index contributed by atoms with van der Waals surface area (Å²) < 4.78 is 35.4. The third-order valence-electron chi connectivity index (χ3n) is 2.58. The number of hydrogen-bond donors (Lipinski definition) is 1. The van der Waals surface area contributed by atoms with Crippen LogP contribution in [0.15, 0.2) is 18.2 Å². The molecule has 0 bridgehead atoms. The van der Waals surface area contributed by atoms with E-state index in [1.807, 2.05) is 6.92 Å². The molecule has 5 heteroatoms. The van der Waals surface area contributed by atoms with E-state index in [4.69, 9.17) is 5.73 Å². The molecule has 0 aliphatic rings. The minimum absolute atomic E-state index is 0.0914. The summed E-state index contributed by atoms with van der Waals surface area (Å²) in [7, 11) is -2.97. The van der Waals surface area contributed by atoms with Crippen molar-refractivity contribution in [2.24, 2.45) is 5.73 Å². The summed E-state index contributed by atoms with van der Waals surface area (Å²) in [5, 5.41) is 0. The molecule has 0 saturated carbocycles. The Morgan fingerprint density at radius 3 is 2.65 bits per heavy atom. The highest BCUT2D eigenvalue weighted by Crippen LogP contribution is 2.20. The van der Waals surface area contributed by atoms with Crippen LogP contribution in [0.2, 0.25) is 0 Å². The quantitative estimate of drug-likeness (QED) is 0.879. The fraction of sp³-hybridized carbons (Fsp3) is 0.500. The van der Waals surface area contributed by atoms with E-state index in [2.05, 4.69) is 0 Å². The summed E-state index contributed by atoms with van der Waals surface area (Å²) in [6, 6.07) is 4.33. The molecule has 96 valence electrons. The summed E-state index contributed by atoms with van der Waals surface area (Å²) in [6.45, 7) is 1.87. The number of halogens is 1.